The molecule has 0 spiro atoms. The first kappa shape index (κ1) is 13.4. The van der Waals surface area contributed by atoms with Gasteiger partial charge in [-0.05, 0) is 40.7 Å². The number of rotatable bonds is 4. The number of hydrogen-bond donors (Lipinski definition) is 1. The van der Waals surface area contributed by atoms with E-state index in [0.717, 1.165) is 24.1 Å². The van der Waals surface area contributed by atoms with Crippen LogP contribution in [0.2, 0.25) is 0 Å². The number of nitrogens with one attached hydrogen (secondary N) is 1. The van der Waals surface area contributed by atoms with E-state index >= 15 is 0 Å². The molecule has 1 N–H and O–H groups in total. The average molecular weight is 309 g/mol. The Bertz CT molecular complexity index is 833. The van der Waals surface area contributed by atoms with Gasteiger partial charge in [-0.1, -0.05) is 47.0 Å². The fourth-order valence-electron chi connectivity index (χ4n) is 2.68. The van der Waals surface area contributed by atoms with Gasteiger partial charge in [-0.15, -0.1) is 5.10 Å². The van der Waals surface area contributed by atoms with Gasteiger partial charge in [-0.25, -0.2) is 0 Å². The molecule has 4 nitrogen and oxygen atoms in total. The van der Waals surface area contributed by atoms with Crippen molar-refractivity contribution in [1.82, 2.24) is 14.9 Å². The first-order valence-corrected chi connectivity index (χ1v) is 8.17. The molecule has 0 bridgehead atoms. The average Bonchev–Trinajstić information content (AvgIpc) is 3.29. The van der Waals surface area contributed by atoms with Gasteiger partial charge >= 0.3 is 0 Å². The Hall–Kier alpha value is -2.27. The molecular formula is C17H15N3OS. The van der Waals surface area contributed by atoms with Crippen molar-refractivity contribution in [2.24, 2.45) is 0 Å². The Morgan fingerprint density at radius 1 is 1.18 bits per heavy atom. The molecule has 0 saturated heterocycles. The van der Waals surface area contributed by atoms with Crippen molar-refractivity contribution in [3.8, 4) is 0 Å². The first-order chi connectivity index (χ1) is 10.8. The van der Waals surface area contributed by atoms with E-state index in [4.69, 9.17) is 0 Å². The number of nitrogens with zero attached hydrogens (tertiary/aromatic N) is 2. The van der Waals surface area contributed by atoms with Crippen molar-refractivity contribution in [1.29, 1.82) is 0 Å². The van der Waals surface area contributed by atoms with Crippen LogP contribution in [0.25, 0.3) is 10.8 Å². The Labute approximate surface area is 132 Å². The molecule has 22 heavy (non-hydrogen) atoms. The molecule has 1 aliphatic carbocycles. The number of carbonyl (C=O) groups excluding carboxylic acids is 1. The van der Waals surface area contributed by atoms with E-state index in [-0.39, 0.29) is 5.91 Å². The van der Waals surface area contributed by atoms with Crippen LogP contribution in [0.15, 0.2) is 42.5 Å². The maximum atomic E-state index is 12.4. The van der Waals surface area contributed by atoms with Crippen molar-refractivity contribution in [2.45, 2.75) is 25.3 Å². The highest BCUT2D eigenvalue weighted by molar-refractivity contribution is 7.08. The molecule has 1 amide bonds. The minimum atomic E-state index is -0.0650. The lowest BCUT2D eigenvalue weighted by Gasteiger charge is -2.08. The first-order valence-electron chi connectivity index (χ1n) is 7.40. The lowest BCUT2D eigenvalue weighted by molar-refractivity contribution is 0.0954. The van der Waals surface area contributed by atoms with Gasteiger partial charge in [-0.2, -0.15) is 0 Å². The molecule has 0 radical (unpaired) electrons. The van der Waals surface area contributed by atoms with Gasteiger partial charge in [0.25, 0.3) is 5.91 Å². The summed E-state index contributed by atoms with van der Waals surface area (Å²) < 4.78 is 3.94. The topological polar surface area (TPSA) is 54.9 Å². The molecule has 1 fully saturated rings. The maximum absolute atomic E-state index is 12.4. The fraction of sp³-hybridized carbons (Fsp3) is 0.235. The number of aromatic nitrogens is 2. The van der Waals surface area contributed by atoms with Crippen molar-refractivity contribution < 1.29 is 4.79 Å². The Morgan fingerprint density at radius 3 is 2.86 bits per heavy atom. The highest BCUT2D eigenvalue weighted by Gasteiger charge is 2.31. The molecule has 1 aromatic heterocycles. The van der Waals surface area contributed by atoms with E-state index < -0.39 is 0 Å². The lowest BCUT2D eigenvalue weighted by atomic mass is 10.0. The standard InChI is InChI=1S/C17H15N3OS/c21-17(16-15(12-8-9-12)19-20-22-16)18-10-13-6-3-5-11-4-1-2-7-14(11)13/h1-7,12H,8-10H2,(H,18,21). The third-order valence-electron chi connectivity index (χ3n) is 4.00. The number of hydrogen-bond acceptors (Lipinski definition) is 4. The quantitative estimate of drug-likeness (QED) is 0.802. The van der Waals surface area contributed by atoms with Gasteiger partial charge in [0.2, 0.25) is 0 Å². The molecule has 110 valence electrons. The van der Waals surface area contributed by atoms with Gasteiger partial charge < -0.3 is 5.32 Å². The normalized spacial score (nSPS) is 14.2. The van der Waals surface area contributed by atoms with Crippen LogP contribution in [0, 0.1) is 0 Å². The number of benzene rings is 2. The van der Waals surface area contributed by atoms with E-state index in [2.05, 4.69) is 39.2 Å². The fourth-order valence-corrected chi connectivity index (χ4v) is 3.35. The van der Waals surface area contributed by atoms with Gasteiger partial charge in [0.1, 0.15) is 4.88 Å². The molecule has 0 atom stereocenters. The van der Waals surface area contributed by atoms with E-state index in [1.807, 2.05) is 18.2 Å². The van der Waals surface area contributed by atoms with Crippen LogP contribution in [0.3, 0.4) is 0 Å². The zero-order chi connectivity index (χ0) is 14.9. The minimum Gasteiger partial charge on any atom is -0.347 e. The van der Waals surface area contributed by atoms with Crippen LogP contribution >= 0.6 is 11.5 Å². The zero-order valence-corrected chi connectivity index (χ0v) is 12.8. The van der Waals surface area contributed by atoms with Gasteiger partial charge in [0.05, 0.1) is 5.69 Å². The van der Waals surface area contributed by atoms with Crippen LogP contribution < -0.4 is 5.32 Å². The van der Waals surface area contributed by atoms with Crippen LogP contribution in [0.1, 0.15) is 39.7 Å². The predicted molar refractivity (Wildman–Crippen MR) is 87.0 cm³/mol. The summed E-state index contributed by atoms with van der Waals surface area (Å²) >= 11 is 1.19. The van der Waals surface area contributed by atoms with Crippen molar-refractivity contribution in [2.75, 3.05) is 0 Å². The minimum absolute atomic E-state index is 0.0650. The summed E-state index contributed by atoms with van der Waals surface area (Å²) in [4.78, 5) is 13.1. The molecule has 0 aliphatic heterocycles. The summed E-state index contributed by atoms with van der Waals surface area (Å²) in [7, 11) is 0. The van der Waals surface area contributed by atoms with E-state index in [0.29, 0.717) is 17.3 Å². The SMILES string of the molecule is O=C(NCc1cccc2ccccc12)c1snnc1C1CC1. The highest BCUT2D eigenvalue weighted by Crippen LogP contribution is 2.41. The third kappa shape index (κ3) is 2.48. The summed E-state index contributed by atoms with van der Waals surface area (Å²) in [6, 6.07) is 14.4. The predicted octanol–water partition coefficient (Wildman–Crippen LogP) is 3.50. The molecule has 5 heteroatoms. The van der Waals surface area contributed by atoms with Gasteiger partial charge in [-0.3, -0.25) is 4.79 Å². The van der Waals surface area contributed by atoms with Crippen LogP contribution in [-0.4, -0.2) is 15.5 Å². The van der Waals surface area contributed by atoms with Crippen molar-refractivity contribution in [3.63, 3.8) is 0 Å². The molecular weight excluding hydrogens is 294 g/mol. The van der Waals surface area contributed by atoms with Crippen LogP contribution in [0.5, 0.6) is 0 Å². The molecule has 0 unspecified atom stereocenters. The summed E-state index contributed by atoms with van der Waals surface area (Å²) in [5.41, 5.74) is 2.00. The molecule has 4 rings (SSSR count). The molecule has 2 aromatic carbocycles. The summed E-state index contributed by atoms with van der Waals surface area (Å²) in [6.45, 7) is 0.516. The third-order valence-corrected chi connectivity index (χ3v) is 4.74. The molecule has 3 aromatic rings. The molecule has 1 saturated carbocycles. The summed E-state index contributed by atoms with van der Waals surface area (Å²) in [5.74, 6) is 0.377. The Kier molecular flexibility index (Phi) is 3.35. The van der Waals surface area contributed by atoms with E-state index in [1.165, 1.54) is 22.3 Å². The lowest BCUT2D eigenvalue weighted by Crippen LogP contribution is -2.23. The summed E-state index contributed by atoms with van der Waals surface area (Å²) in [5, 5.41) is 9.48. The highest BCUT2D eigenvalue weighted by atomic mass is 32.1. The van der Waals surface area contributed by atoms with Gasteiger partial charge in [0, 0.05) is 12.5 Å². The maximum Gasteiger partial charge on any atom is 0.265 e. The largest absolute Gasteiger partial charge is 0.347 e. The zero-order valence-electron chi connectivity index (χ0n) is 12.0. The number of carbonyl (C=O) groups is 1. The van der Waals surface area contributed by atoms with E-state index in [9.17, 15) is 4.79 Å². The number of amides is 1. The van der Waals surface area contributed by atoms with Crippen molar-refractivity contribution >= 4 is 28.2 Å². The van der Waals surface area contributed by atoms with Gasteiger partial charge in [0.15, 0.2) is 0 Å². The second kappa shape index (κ2) is 5.50. The van der Waals surface area contributed by atoms with E-state index in [1.54, 1.807) is 0 Å². The Balaban J connectivity index is 1.54. The van der Waals surface area contributed by atoms with Crippen molar-refractivity contribution in [3.05, 3.63) is 58.6 Å². The Morgan fingerprint density at radius 2 is 2.00 bits per heavy atom. The smallest absolute Gasteiger partial charge is 0.265 e. The second-order valence-corrected chi connectivity index (χ2v) is 6.34. The summed E-state index contributed by atoms with van der Waals surface area (Å²) in [6.07, 6.45) is 2.24. The molecule has 1 heterocycles. The van der Waals surface area contributed by atoms with Crippen LogP contribution in [0.4, 0.5) is 0 Å². The number of fused-ring (bicyclic) bond motifs is 1. The van der Waals surface area contributed by atoms with Crippen LogP contribution in [-0.2, 0) is 6.54 Å². The monoisotopic (exact) mass is 309 g/mol. The molecule has 1 aliphatic rings. The second-order valence-electron chi connectivity index (χ2n) is 5.58.